The second-order valence-corrected chi connectivity index (χ2v) is 29.0. The van der Waals surface area contributed by atoms with E-state index >= 15 is 0 Å². The van der Waals surface area contributed by atoms with Gasteiger partial charge in [0.1, 0.15) is 0 Å². The molecule has 0 spiro atoms. The summed E-state index contributed by atoms with van der Waals surface area (Å²) in [5.74, 6) is 0. The van der Waals surface area contributed by atoms with E-state index in [0.29, 0.717) is 8.45 Å². The molecule has 0 saturated carbocycles. The molecule has 0 saturated heterocycles. The van der Waals surface area contributed by atoms with E-state index in [9.17, 15) is 0 Å². The third-order valence-electron chi connectivity index (χ3n) is 6.19. The van der Waals surface area contributed by atoms with Gasteiger partial charge in [0.25, 0.3) is 0 Å². The molecule has 2 aromatic carbocycles. The van der Waals surface area contributed by atoms with Crippen molar-refractivity contribution in [3.8, 4) is 0 Å². The van der Waals surface area contributed by atoms with Crippen LogP contribution in [-0.4, -0.2) is 7.63 Å². The molecule has 2 unspecified atom stereocenters. The molecule has 0 N–H and O–H groups in total. The van der Waals surface area contributed by atoms with Gasteiger partial charge in [-0.05, 0) is 0 Å². The Balaban J connectivity index is 0.00000121. The molecule has 0 heterocycles. The first-order chi connectivity index (χ1) is 11.3. The molecule has 136 valence electrons. The van der Waals surface area contributed by atoms with Crippen molar-refractivity contribution in [3.63, 3.8) is 0 Å². The summed E-state index contributed by atoms with van der Waals surface area (Å²) in [6.45, 7) is 4.71. The smallest absolute Gasteiger partial charge is 1.00 e. The topological polar surface area (TPSA) is 0 Å². The van der Waals surface area contributed by atoms with Gasteiger partial charge < -0.3 is 24.8 Å². The molecule has 2 atom stereocenters. The van der Waals surface area contributed by atoms with Crippen LogP contribution in [-0.2, 0) is 14.0 Å². The summed E-state index contributed by atoms with van der Waals surface area (Å²) < 4.78 is 1.27. The summed E-state index contributed by atoms with van der Waals surface area (Å²) in [7, 11) is 2.39. The minimum atomic E-state index is -2.91. The predicted octanol–water partition coefficient (Wildman–Crippen LogP) is -0.355. The van der Waals surface area contributed by atoms with Gasteiger partial charge in [0.05, 0.1) is 0 Å². The SMILES string of the molecule is CC1=Cc2ccccc2[CH]1[Ti+2]([CH3])([CH3])(=[SiH2])[CH]1C(C)=Cc2ccccc21.[Cl-].[Cl-]. The average Bonchev–Trinajstić information content (AvgIpc) is 3.02. The summed E-state index contributed by atoms with van der Waals surface area (Å²) in [5, 5.41) is 5.34. The maximum atomic E-state index is 2.67. The first-order valence-electron chi connectivity index (χ1n) is 8.90. The zero-order valence-electron chi connectivity index (χ0n) is 15.9. The molecule has 2 aliphatic carbocycles. The monoisotopic (exact) mass is 436 g/mol. The molecule has 2 aromatic rings. The Morgan fingerprint density at radius 3 is 1.42 bits per heavy atom. The van der Waals surface area contributed by atoms with E-state index in [1.165, 1.54) is 11.1 Å². The van der Waals surface area contributed by atoms with Crippen LogP contribution in [0, 0.1) is 0 Å². The second kappa shape index (κ2) is 7.11. The van der Waals surface area contributed by atoms with Gasteiger partial charge in [-0.1, -0.05) is 0 Å². The summed E-state index contributed by atoms with van der Waals surface area (Å²) in [5.41, 5.74) is 9.18. The fourth-order valence-corrected chi connectivity index (χ4v) is 19.6. The number of hydrogen-bond acceptors (Lipinski definition) is 0. The average molecular weight is 437 g/mol. The van der Waals surface area contributed by atoms with E-state index in [1.54, 1.807) is 22.3 Å². The van der Waals surface area contributed by atoms with Crippen LogP contribution in [0.3, 0.4) is 0 Å². The molecule has 0 nitrogen and oxygen atoms in total. The standard InChI is InChI=1S/2C10H9.2CH3.2ClH.H2Si.Ti/c2*1-8-6-9-4-2-3-5-10(9)7-8;;;;;;/h2*2-7H,1H3;2*1H3;2*1H;1H2;/q;;;;;;;+2/p-2. The Labute approximate surface area is 172 Å². The van der Waals surface area contributed by atoms with Gasteiger partial charge in [0.2, 0.25) is 0 Å². The molecule has 4 rings (SSSR count). The Bertz CT molecular complexity index is 908. The Morgan fingerprint density at radius 2 is 1.04 bits per heavy atom. The van der Waals surface area contributed by atoms with Crippen LogP contribution in [0.1, 0.15) is 44.5 Å². The second-order valence-electron chi connectivity index (χ2n) is 8.84. The van der Waals surface area contributed by atoms with Crippen LogP contribution < -0.4 is 24.8 Å². The predicted molar refractivity (Wildman–Crippen MR) is 106 cm³/mol. The number of rotatable bonds is 2. The van der Waals surface area contributed by atoms with Crippen LogP contribution in [0.5, 0.6) is 0 Å². The van der Waals surface area contributed by atoms with Crippen LogP contribution in [0.4, 0.5) is 0 Å². The number of halogens is 2. The Hall–Kier alpha value is -0.569. The third kappa shape index (κ3) is 3.12. The van der Waals surface area contributed by atoms with Crippen molar-refractivity contribution in [3.05, 3.63) is 81.9 Å². The number of hydrogen-bond donors (Lipinski definition) is 0. The molecule has 0 radical (unpaired) electrons. The number of allylic oxidation sites excluding steroid dienone is 2. The van der Waals surface area contributed by atoms with Gasteiger partial charge >= 0.3 is 149 Å². The van der Waals surface area contributed by atoms with Gasteiger partial charge in [-0.2, -0.15) is 0 Å². The normalized spacial score (nSPS) is 20.0. The largest absolute Gasteiger partial charge is 1.00 e. The maximum absolute atomic E-state index is 2.91. The van der Waals surface area contributed by atoms with Crippen molar-refractivity contribution in [1.29, 1.82) is 0 Å². The first-order valence-corrected chi connectivity index (χ1v) is 17.8. The van der Waals surface area contributed by atoms with E-state index in [-0.39, 0.29) is 24.8 Å². The summed E-state index contributed by atoms with van der Waals surface area (Å²) in [4.78, 5) is 0. The molecule has 0 aliphatic heterocycles. The zero-order valence-corrected chi connectivity index (χ0v) is 20.4. The van der Waals surface area contributed by atoms with Crippen LogP contribution >= 0.6 is 0 Å². The van der Waals surface area contributed by atoms with E-state index < -0.39 is 14.0 Å². The first kappa shape index (κ1) is 21.7. The summed E-state index contributed by atoms with van der Waals surface area (Å²) >= 11 is -2.91. The Morgan fingerprint density at radius 1 is 0.692 bits per heavy atom. The van der Waals surface area contributed by atoms with Crippen molar-refractivity contribution >= 4 is 19.8 Å². The zero-order chi connectivity index (χ0) is 17.1. The summed E-state index contributed by atoms with van der Waals surface area (Å²) in [6.07, 6.45) is 4.87. The Kier molecular flexibility index (Phi) is 5.94. The molecular weight excluding hydrogens is 411 g/mol. The quantitative estimate of drug-likeness (QED) is 0.564. The van der Waals surface area contributed by atoms with Crippen molar-refractivity contribution < 1.29 is 38.9 Å². The number of benzene rings is 2. The molecule has 0 amide bonds. The van der Waals surface area contributed by atoms with Gasteiger partial charge in [0.15, 0.2) is 0 Å². The van der Waals surface area contributed by atoms with Crippen molar-refractivity contribution in [1.82, 2.24) is 0 Å². The van der Waals surface area contributed by atoms with Crippen molar-refractivity contribution in [2.75, 3.05) is 0 Å². The minimum Gasteiger partial charge on any atom is -1.00 e. The van der Waals surface area contributed by atoms with Crippen molar-refractivity contribution in [2.45, 2.75) is 32.7 Å². The number of fused-ring (bicyclic) bond motifs is 2. The molecule has 0 aromatic heterocycles. The molecule has 2 aliphatic rings. The van der Waals surface area contributed by atoms with E-state index in [4.69, 9.17) is 0 Å². The molecule has 0 bridgehead atoms. The minimum absolute atomic E-state index is 0. The maximum Gasteiger partial charge on any atom is -1.00 e. The fourth-order valence-electron chi connectivity index (χ4n) is 5.64. The van der Waals surface area contributed by atoms with Gasteiger partial charge in [-0.25, -0.2) is 0 Å². The van der Waals surface area contributed by atoms with Crippen LogP contribution in [0.2, 0.25) is 10.5 Å². The molecule has 0 fully saturated rings. The molecular formula is C22H26Cl2SiTi. The molecule has 26 heavy (non-hydrogen) atoms. The van der Waals surface area contributed by atoms with E-state index in [1.807, 2.05) is 0 Å². The van der Waals surface area contributed by atoms with E-state index in [0.717, 1.165) is 0 Å². The van der Waals surface area contributed by atoms with Crippen LogP contribution in [0.25, 0.3) is 12.2 Å². The fraction of sp³-hybridized carbons (Fsp3) is 0.273. The van der Waals surface area contributed by atoms with Crippen molar-refractivity contribution in [2.24, 2.45) is 0 Å². The van der Waals surface area contributed by atoms with Gasteiger partial charge in [-0.15, -0.1) is 0 Å². The van der Waals surface area contributed by atoms with Gasteiger partial charge in [0, 0.05) is 0 Å². The third-order valence-corrected chi connectivity index (χ3v) is 17.9. The van der Waals surface area contributed by atoms with Gasteiger partial charge in [-0.3, -0.25) is 0 Å². The summed E-state index contributed by atoms with van der Waals surface area (Å²) in [6, 6.07) is 18.1. The van der Waals surface area contributed by atoms with Crippen LogP contribution in [0.15, 0.2) is 59.7 Å². The molecule has 4 heteroatoms. The van der Waals surface area contributed by atoms with E-state index in [2.05, 4.69) is 92.6 Å².